The van der Waals surface area contributed by atoms with Gasteiger partial charge in [-0.15, -0.1) is 0 Å². The molecule has 4 fully saturated rings. The fourth-order valence-electron chi connectivity index (χ4n) is 6.29. The maximum Gasteiger partial charge on any atom is 0.187 e. The summed E-state index contributed by atoms with van der Waals surface area (Å²) >= 11 is 0. The molecule has 0 spiro atoms. The van der Waals surface area contributed by atoms with Crippen molar-refractivity contribution in [3.05, 3.63) is 65.7 Å². The zero-order chi connectivity index (χ0) is 30.4. The van der Waals surface area contributed by atoms with E-state index in [0.29, 0.717) is 13.2 Å². The molecule has 4 heterocycles. The second kappa shape index (κ2) is 12.3. The average molecular weight is 601 g/mol. The van der Waals surface area contributed by atoms with Gasteiger partial charge in [-0.2, -0.15) is 0 Å². The van der Waals surface area contributed by atoms with Crippen LogP contribution in [0.5, 0.6) is 5.75 Å². The molecular formula is C33H44O10. The highest BCUT2D eigenvalue weighted by molar-refractivity contribution is 5.26. The molecule has 0 N–H and O–H groups in total. The summed E-state index contributed by atoms with van der Waals surface area (Å²) < 4.78 is 63.2. The van der Waals surface area contributed by atoms with E-state index in [1.165, 1.54) is 0 Å². The Morgan fingerprint density at radius 3 is 1.72 bits per heavy atom. The highest BCUT2D eigenvalue weighted by Crippen LogP contribution is 2.43. The van der Waals surface area contributed by atoms with Gasteiger partial charge < -0.3 is 47.4 Å². The second-order valence-corrected chi connectivity index (χ2v) is 12.6. The van der Waals surface area contributed by atoms with Crippen LogP contribution >= 0.6 is 0 Å². The molecule has 4 saturated heterocycles. The summed E-state index contributed by atoms with van der Waals surface area (Å²) in [6.45, 7) is 12.2. The predicted octanol–water partition coefficient (Wildman–Crippen LogP) is 4.71. The SMILES string of the molecule is COc1ccc(CO[C@@H]2[C@H](O[C@@H]3[C@H](OCc4ccccc4)O[C@@H](C)[C@H]4OC(C)(C)O[C@@H]34)O[C@@H](C)[C@H]3OC(C)(C)O[C@@H]23)cc1. The molecule has 10 heteroatoms. The Morgan fingerprint density at radius 2 is 1.12 bits per heavy atom. The molecule has 0 unspecified atom stereocenters. The molecule has 43 heavy (non-hydrogen) atoms. The lowest BCUT2D eigenvalue weighted by atomic mass is 9.97. The van der Waals surface area contributed by atoms with Gasteiger partial charge in [0.05, 0.1) is 32.5 Å². The van der Waals surface area contributed by atoms with E-state index in [9.17, 15) is 0 Å². The van der Waals surface area contributed by atoms with E-state index in [4.69, 9.17) is 47.4 Å². The van der Waals surface area contributed by atoms with Crippen molar-refractivity contribution in [3.63, 3.8) is 0 Å². The normalized spacial score (nSPS) is 37.9. The van der Waals surface area contributed by atoms with Crippen LogP contribution < -0.4 is 4.74 Å². The zero-order valence-corrected chi connectivity index (χ0v) is 26.0. The van der Waals surface area contributed by atoms with Gasteiger partial charge in [-0.1, -0.05) is 42.5 Å². The van der Waals surface area contributed by atoms with E-state index in [1.807, 2.05) is 96.1 Å². The number of fused-ring (bicyclic) bond motifs is 2. The van der Waals surface area contributed by atoms with Gasteiger partial charge in [-0.05, 0) is 64.8 Å². The standard InChI is InChI=1S/C33H44O10/c1-19-25-27(43-33(5,6)41-25)29(30(37-19)36-18-21-11-9-8-10-12-21)39-31-28(35-17-22-13-15-23(34-7)16-14-22)26-24(20(2)38-31)40-32(3,4)42-26/h8-16,19-20,24-31H,17-18H2,1-7H3/t19-,20-,24+,25+,26+,27+,28-,29-,30+,31-/m0/s1. The Labute approximate surface area is 253 Å². The molecule has 4 aliphatic heterocycles. The average Bonchev–Trinajstić information content (AvgIpc) is 3.49. The number of methoxy groups -OCH3 is 1. The summed E-state index contributed by atoms with van der Waals surface area (Å²) in [7, 11) is 1.64. The number of hydrogen-bond acceptors (Lipinski definition) is 10. The lowest BCUT2D eigenvalue weighted by Gasteiger charge is -2.46. The van der Waals surface area contributed by atoms with Crippen molar-refractivity contribution in [2.24, 2.45) is 0 Å². The Bertz CT molecular complexity index is 1200. The van der Waals surface area contributed by atoms with Crippen LogP contribution in [-0.2, 0) is 55.8 Å². The Hall–Kier alpha value is -2.12. The zero-order valence-electron chi connectivity index (χ0n) is 26.0. The van der Waals surface area contributed by atoms with Crippen LogP contribution in [0.4, 0.5) is 0 Å². The van der Waals surface area contributed by atoms with Crippen molar-refractivity contribution in [2.45, 2.75) is 128 Å². The van der Waals surface area contributed by atoms with Crippen molar-refractivity contribution in [2.75, 3.05) is 7.11 Å². The van der Waals surface area contributed by atoms with Crippen molar-refractivity contribution >= 4 is 0 Å². The molecule has 10 nitrogen and oxygen atoms in total. The first-order valence-corrected chi connectivity index (χ1v) is 15.1. The van der Waals surface area contributed by atoms with Gasteiger partial charge >= 0.3 is 0 Å². The molecule has 10 atom stereocenters. The molecule has 0 aromatic heterocycles. The highest BCUT2D eigenvalue weighted by Gasteiger charge is 2.59. The molecule has 6 rings (SSSR count). The second-order valence-electron chi connectivity index (χ2n) is 12.6. The van der Waals surface area contributed by atoms with Crippen LogP contribution in [0, 0.1) is 0 Å². The fourth-order valence-corrected chi connectivity index (χ4v) is 6.29. The summed E-state index contributed by atoms with van der Waals surface area (Å²) in [5, 5.41) is 0. The van der Waals surface area contributed by atoms with Crippen molar-refractivity contribution in [1.82, 2.24) is 0 Å². The van der Waals surface area contributed by atoms with Crippen LogP contribution in [0.1, 0.15) is 52.7 Å². The van der Waals surface area contributed by atoms with E-state index in [2.05, 4.69) is 0 Å². The van der Waals surface area contributed by atoms with E-state index < -0.39 is 48.6 Å². The largest absolute Gasteiger partial charge is 0.497 e. The van der Waals surface area contributed by atoms with Crippen molar-refractivity contribution < 1.29 is 47.4 Å². The van der Waals surface area contributed by atoms with Crippen molar-refractivity contribution in [3.8, 4) is 5.75 Å². The van der Waals surface area contributed by atoms with Crippen LogP contribution in [0.2, 0.25) is 0 Å². The third-order valence-corrected chi connectivity index (χ3v) is 8.28. The topological polar surface area (TPSA) is 92.3 Å². The number of ether oxygens (including phenoxy) is 10. The van der Waals surface area contributed by atoms with Gasteiger partial charge in [0.1, 0.15) is 42.4 Å². The highest BCUT2D eigenvalue weighted by atomic mass is 16.8. The van der Waals surface area contributed by atoms with E-state index >= 15 is 0 Å². The Morgan fingerprint density at radius 1 is 0.605 bits per heavy atom. The molecular weight excluding hydrogens is 556 g/mol. The molecule has 236 valence electrons. The van der Waals surface area contributed by atoms with E-state index in [-0.39, 0.29) is 24.4 Å². The van der Waals surface area contributed by atoms with Gasteiger partial charge in [-0.25, -0.2) is 0 Å². The minimum Gasteiger partial charge on any atom is -0.497 e. The molecule has 4 aliphatic rings. The van der Waals surface area contributed by atoms with Crippen LogP contribution in [0.15, 0.2) is 54.6 Å². The smallest absolute Gasteiger partial charge is 0.187 e. The fraction of sp³-hybridized carbons (Fsp3) is 0.636. The molecule has 0 saturated carbocycles. The molecule has 0 bridgehead atoms. The first kappa shape index (κ1) is 30.9. The van der Waals surface area contributed by atoms with Crippen LogP contribution in [-0.4, -0.2) is 80.1 Å². The van der Waals surface area contributed by atoms with Gasteiger partial charge in [0, 0.05) is 0 Å². The van der Waals surface area contributed by atoms with Gasteiger partial charge in [-0.3, -0.25) is 0 Å². The quantitative estimate of drug-likeness (QED) is 0.403. The molecule has 0 aliphatic carbocycles. The van der Waals surface area contributed by atoms with E-state index in [1.54, 1.807) is 7.11 Å². The number of rotatable bonds is 9. The molecule has 2 aromatic rings. The maximum atomic E-state index is 6.82. The minimum absolute atomic E-state index is 0.280. The van der Waals surface area contributed by atoms with Gasteiger partial charge in [0.25, 0.3) is 0 Å². The molecule has 0 radical (unpaired) electrons. The lowest BCUT2D eigenvalue weighted by molar-refractivity contribution is -0.353. The maximum absolute atomic E-state index is 6.82. The number of hydrogen-bond donors (Lipinski definition) is 0. The van der Waals surface area contributed by atoms with Crippen LogP contribution in [0.25, 0.3) is 0 Å². The van der Waals surface area contributed by atoms with E-state index in [0.717, 1.165) is 16.9 Å². The molecule has 0 amide bonds. The summed E-state index contributed by atoms with van der Waals surface area (Å²) in [5.41, 5.74) is 1.99. The Balaban J connectivity index is 1.26. The van der Waals surface area contributed by atoms with Crippen LogP contribution in [0.3, 0.4) is 0 Å². The monoisotopic (exact) mass is 600 g/mol. The summed E-state index contributed by atoms with van der Waals surface area (Å²) in [6, 6.07) is 17.7. The summed E-state index contributed by atoms with van der Waals surface area (Å²) in [6.07, 6.45) is -5.05. The van der Waals surface area contributed by atoms with Gasteiger partial charge in [0.15, 0.2) is 24.2 Å². The number of benzene rings is 2. The first-order chi connectivity index (χ1) is 20.5. The minimum atomic E-state index is -0.829. The summed E-state index contributed by atoms with van der Waals surface area (Å²) in [4.78, 5) is 0. The molecule has 2 aromatic carbocycles. The third-order valence-electron chi connectivity index (χ3n) is 8.28. The van der Waals surface area contributed by atoms with Gasteiger partial charge in [0.2, 0.25) is 0 Å². The summed E-state index contributed by atoms with van der Waals surface area (Å²) in [5.74, 6) is -0.838. The first-order valence-electron chi connectivity index (χ1n) is 15.1. The Kier molecular flexibility index (Phi) is 8.87. The lowest BCUT2D eigenvalue weighted by Crippen LogP contribution is -2.62. The third kappa shape index (κ3) is 6.78. The van der Waals surface area contributed by atoms with Crippen molar-refractivity contribution in [1.29, 1.82) is 0 Å². The predicted molar refractivity (Wildman–Crippen MR) is 154 cm³/mol.